The minimum atomic E-state index is -2.73. The Balaban J connectivity index is 0.000000285. The van der Waals surface area contributed by atoms with Gasteiger partial charge in [-0.15, -0.1) is 0 Å². The summed E-state index contributed by atoms with van der Waals surface area (Å²) in [4.78, 5) is 28.2. The van der Waals surface area contributed by atoms with Gasteiger partial charge in [-0.2, -0.15) is 13.8 Å². The number of anilines is 1. The highest BCUT2D eigenvalue weighted by molar-refractivity contribution is 5.25. The Labute approximate surface area is 176 Å². The summed E-state index contributed by atoms with van der Waals surface area (Å²) in [5, 5.41) is 2.74. The first kappa shape index (κ1) is 23.7. The number of nitrogens with one attached hydrogen (secondary N) is 1. The summed E-state index contributed by atoms with van der Waals surface area (Å²) in [7, 11) is 1.59. The highest BCUT2D eigenvalue weighted by Gasteiger charge is 2.14. The number of benzene rings is 2. The van der Waals surface area contributed by atoms with Gasteiger partial charge in [0.1, 0.15) is 11.6 Å². The van der Waals surface area contributed by atoms with Gasteiger partial charge in [-0.3, -0.25) is 4.57 Å². The van der Waals surface area contributed by atoms with Crippen LogP contribution in [0.2, 0.25) is 0 Å². The first-order chi connectivity index (χ1) is 14.7. The van der Waals surface area contributed by atoms with Crippen LogP contribution >= 0.6 is 0 Å². The van der Waals surface area contributed by atoms with Crippen LogP contribution in [0, 0.1) is 5.82 Å². The minimum Gasteiger partial charge on any atom is -0.435 e. The van der Waals surface area contributed by atoms with E-state index in [4.69, 9.17) is 0 Å². The zero-order chi connectivity index (χ0) is 23.0. The fraction of sp³-hybridized carbons (Fsp3) is 0.286. The lowest BCUT2D eigenvalue weighted by Crippen LogP contribution is -2.43. The molecule has 3 rings (SSSR count). The first-order valence-corrected chi connectivity index (χ1v) is 9.38. The number of hydrogen-bond donors (Lipinski definition) is 1. The summed E-state index contributed by atoms with van der Waals surface area (Å²) in [5.74, 6) is 0.0361. The molecule has 0 aliphatic rings. The van der Waals surface area contributed by atoms with E-state index in [9.17, 15) is 22.8 Å². The molecule has 2 aromatic carbocycles. The van der Waals surface area contributed by atoms with E-state index in [1.165, 1.54) is 28.8 Å². The number of rotatable bonds is 6. The van der Waals surface area contributed by atoms with Gasteiger partial charge in [0.05, 0.1) is 6.54 Å². The van der Waals surface area contributed by atoms with Crippen LogP contribution in [0.25, 0.3) is 0 Å². The molecule has 0 saturated heterocycles. The Bertz CT molecular complexity index is 1080. The molecule has 7 nitrogen and oxygen atoms in total. The van der Waals surface area contributed by atoms with E-state index in [0.29, 0.717) is 0 Å². The van der Waals surface area contributed by atoms with E-state index in [2.05, 4.69) is 15.0 Å². The van der Waals surface area contributed by atoms with E-state index in [1.54, 1.807) is 51.2 Å². The molecular formula is C21H23F3N4O3. The van der Waals surface area contributed by atoms with Crippen molar-refractivity contribution in [2.24, 2.45) is 0 Å². The largest absolute Gasteiger partial charge is 0.435 e. The number of halogens is 3. The Morgan fingerprint density at radius 3 is 2.16 bits per heavy atom. The maximum atomic E-state index is 12.9. The van der Waals surface area contributed by atoms with Crippen molar-refractivity contribution in [2.45, 2.75) is 33.0 Å². The lowest BCUT2D eigenvalue weighted by Gasteiger charge is -2.15. The molecule has 0 aliphatic heterocycles. The van der Waals surface area contributed by atoms with E-state index in [1.807, 2.05) is 0 Å². The van der Waals surface area contributed by atoms with Gasteiger partial charge in [0, 0.05) is 13.1 Å². The van der Waals surface area contributed by atoms with Crippen molar-refractivity contribution in [3.8, 4) is 5.75 Å². The average Bonchev–Trinajstić information content (AvgIpc) is 2.72. The number of para-hydroxylation sites is 1. The van der Waals surface area contributed by atoms with Crippen LogP contribution < -0.4 is 21.4 Å². The van der Waals surface area contributed by atoms with Crippen molar-refractivity contribution < 1.29 is 17.9 Å². The molecule has 0 amide bonds. The third-order valence-electron chi connectivity index (χ3n) is 4.06. The summed E-state index contributed by atoms with van der Waals surface area (Å²) in [6.07, 6.45) is 0. The van der Waals surface area contributed by atoms with Crippen molar-refractivity contribution in [1.82, 2.24) is 14.1 Å². The smallest absolute Gasteiger partial charge is 0.387 e. The number of ether oxygens (including phenoxy) is 1. The highest BCUT2D eigenvalue weighted by Crippen LogP contribution is 2.11. The van der Waals surface area contributed by atoms with Gasteiger partial charge in [0.15, 0.2) is 0 Å². The van der Waals surface area contributed by atoms with Crippen LogP contribution in [-0.4, -0.2) is 27.8 Å². The van der Waals surface area contributed by atoms with E-state index in [-0.39, 0.29) is 30.1 Å². The summed E-state index contributed by atoms with van der Waals surface area (Å²) in [6.45, 7) is 0.953. The molecule has 166 valence electrons. The topological polar surface area (TPSA) is 78.2 Å². The predicted molar refractivity (Wildman–Crippen MR) is 111 cm³/mol. The van der Waals surface area contributed by atoms with Gasteiger partial charge in [-0.05, 0) is 43.7 Å². The van der Waals surface area contributed by atoms with Crippen LogP contribution in [0.3, 0.4) is 0 Å². The molecule has 0 fully saturated rings. The Hall–Kier alpha value is -3.56. The Morgan fingerprint density at radius 1 is 1.03 bits per heavy atom. The van der Waals surface area contributed by atoms with Gasteiger partial charge in [-0.1, -0.05) is 30.3 Å². The lowest BCUT2D eigenvalue weighted by atomic mass is 10.2. The third-order valence-corrected chi connectivity index (χ3v) is 4.06. The second-order valence-corrected chi connectivity index (χ2v) is 6.62. The van der Waals surface area contributed by atoms with E-state index < -0.39 is 18.0 Å². The molecule has 3 aromatic rings. The molecule has 0 unspecified atom stereocenters. The van der Waals surface area contributed by atoms with E-state index in [0.717, 1.165) is 10.1 Å². The zero-order valence-electron chi connectivity index (χ0n) is 17.3. The molecule has 0 bridgehead atoms. The Morgan fingerprint density at radius 2 is 1.65 bits per heavy atom. The third kappa shape index (κ3) is 6.73. The van der Waals surface area contributed by atoms with Gasteiger partial charge in [-0.25, -0.2) is 18.5 Å². The monoisotopic (exact) mass is 436 g/mol. The van der Waals surface area contributed by atoms with Gasteiger partial charge < -0.3 is 10.1 Å². The normalized spacial score (nSPS) is 10.6. The maximum Gasteiger partial charge on any atom is 0.387 e. The number of hydrogen-bond acceptors (Lipinski definition) is 5. The Kier molecular flexibility index (Phi) is 8.42. The fourth-order valence-electron chi connectivity index (χ4n) is 2.66. The fourth-order valence-corrected chi connectivity index (χ4v) is 2.66. The van der Waals surface area contributed by atoms with Crippen molar-refractivity contribution in [2.75, 3.05) is 12.4 Å². The average molecular weight is 436 g/mol. The predicted octanol–water partition coefficient (Wildman–Crippen LogP) is 3.50. The molecule has 0 saturated carbocycles. The second kappa shape index (κ2) is 11.0. The maximum absolute atomic E-state index is 12.9. The molecule has 1 heterocycles. The van der Waals surface area contributed by atoms with Crippen molar-refractivity contribution >= 4 is 5.95 Å². The van der Waals surface area contributed by atoms with Crippen LogP contribution in [0.4, 0.5) is 19.1 Å². The SMILES string of the molecule is CNc1nc(=O)n(C(C)C)c(=O)n1Cc1ccc(F)cc1.FC(F)Oc1ccccc1. The minimum absolute atomic E-state index is 0.186. The van der Waals surface area contributed by atoms with Crippen molar-refractivity contribution in [1.29, 1.82) is 0 Å². The standard InChI is InChI=1S/C14H17FN4O2.C7H6F2O/c1-9(2)19-13(20)17-12(16-3)18(14(19)21)8-10-4-6-11(15)7-5-10;8-7(9)10-6-4-2-1-3-5-6/h4-7,9H,8H2,1-3H3,(H,16,17,20);1-5,7H. The number of aromatic nitrogens is 3. The second-order valence-electron chi connectivity index (χ2n) is 6.62. The molecule has 0 radical (unpaired) electrons. The van der Waals surface area contributed by atoms with Crippen LogP contribution in [0.5, 0.6) is 5.75 Å². The molecule has 0 aliphatic carbocycles. The molecular weight excluding hydrogens is 413 g/mol. The quantitative estimate of drug-likeness (QED) is 0.640. The van der Waals surface area contributed by atoms with Crippen molar-refractivity contribution in [3.05, 3.63) is 86.9 Å². The van der Waals surface area contributed by atoms with Crippen LogP contribution in [-0.2, 0) is 6.54 Å². The highest BCUT2D eigenvalue weighted by atomic mass is 19.3. The van der Waals surface area contributed by atoms with Gasteiger partial charge in [0.2, 0.25) is 5.95 Å². The summed E-state index contributed by atoms with van der Waals surface area (Å²) in [6, 6.07) is 13.5. The molecule has 1 aromatic heterocycles. The number of alkyl halides is 2. The summed E-state index contributed by atoms with van der Waals surface area (Å²) in [5.41, 5.74) is -0.292. The summed E-state index contributed by atoms with van der Waals surface area (Å²) < 4.78 is 42.5. The molecule has 31 heavy (non-hydrogen) atoms. The number of nitrogens with zero attached hydrogens (tertiary/aromatic N) is 3. The lowest BCUT2D eigenvalue weighted by molar-refractivity contribution is -0.0498. The molecule has 10 heteroatoms. The van der Waals surface area contributed by atoms with Gasteiger partial charge >= 0.3 is 18.0 Å². The van der Waals surface area contributed by atoms with Crippen molar-refractivity contribution in [3.63, 3.8) is 0 Å². The molecule has 0 atom stereocenters. The molecule has 1 N–H and O–H groups in total. The van der Waals surface area contributed by atoms with Crippen LogP contribution in [0.15, 0.2) is 64.2 Å². The zero-order valence-corrected chi connectivity index (χ0v) is 17.3. The molecule has 0 spiro atoms. The van der Waals surface area contributed by atoms with Crippen LogP contribution in [0.1, 0.15) is 25.5 Å². The first-order valence-electron chi connectivity index (χ1n) is 9.38. The van der Waals surface area contributed by atoms with Gasteiger partial charge in [0.25, 0.3) is 0 Å². The summed E-state index contributed by atoms with van der Waals surface area (Å²) >= 11 is 0. The van der Waals surface area contributed by atoms with E-state index >= 15 is 0 Å².